The number of halogens is 1. The first-order valence-electron chi connectivity index (χ1n) is 6.61. The van der Waals surface area contributed by atoms with E-state index in [1.807, 2.05) is 0 Å². The van der Waals surface area contributed by atoms with Gasteiger partial charge in [-0.3, -0.25) is 0 Å². The van der Waals surface area contributed by atoms with Gasteiger partial charge in [-0.2, -0.15) is 0 Å². The summed E-state index contributed by atoms with van der Waals surface area (Å²) >= 11 is 5.97. The summed E-state index contributed by atoms with van der Waals surface area (Å²) in [6.45, 7) is 6.33. The lowest BCUT2D eigenvalue weighted by Crippen LogP contribution is -2.36. The number of hydrogen-bond acceptors (Lipinski definition) is 3. The molecule has 0 aromatic heterocycles. The molecule has 0 radical (unpaired) electrons. The van der Waals surface area contributed by atoms with E-state index in [0.29, 0.717) is 12.6 Å². The standard InChI is InChI=1S/C14H22ClNO2S/c1-4-7-11(2)16-10-12(3)19(17,18)14-9-6-5-8-13(14)15/h5-6,8-9,11-12,16H,4,7,10H2,1-3H3. The SMILES string of the molecule is CCCC(C)NCC(C)S(=O)(=O)c1ccccc1Cl. The van der Waals surface area contributed by atoms with Gasteiger partial charge in [0.15, 0.2) is 9.84 Å². The Balaban J connectivity index is 2.75. The number of rotatable bonds is 7. The molecule has 1 rings (SSSR count). The van der Waals surface area contributed by atoms with E-state index < -0.39 is 15.1 Å². The molecule has 1 aromatic carbocycles. The zero-order valence-corrected chi connectivity index (χ0v) is 13.3. The van der Waals surface area contributed by atoms with E-state index in [-0.39, 0.29) is 9.92 Å². The lowest BCUT2D eigenvalue weighted by Gasteiger charge is -2.18. The highest BCUT2D eigenvalue weighted by atomic mass is 35.5. The molecule has 0 aliphatic carbocycles. The van der Waals surface area contributed by atoms with Crippen LogP contribution in [-0.2, 0) is 9.84 Å². The summed E-state index contributed by atoms with van der Waals surface area (Å²) in [7, 11) is -3.37. The molecule has 2 unspecified atom stereocenters. The summed E-state index contributed by atoms with van der Waals surface area (Å²) in [6, 6.07) is 6.92. The maximum Gasteiger partial charge on any atom is 0.183 e. The van der Waals surface area contributed by atoms with Crippen molar-refractivity contribution < 1.29 is 8.42 Å². The molecule has 0 saturated carbocycles. The predicted molar refractivity (Wildman–Crippen MR) is 80.5 cm³/mol. The van der Waals surface area contributed by atoms with Crippen LogP contribution in [0.5, 0.6) is 0 Å². The van der Waals surface area contributed by atoms with Crippen LogP contribution in [0.25, 0.3) is 0 Å². The number of hydrogen-bond donors (Lipinski definition) is 1. The third-order valence-electron chi connectivity index (χ3n) is 3.15. The van der Waals surface area contributed by atoms with Crippen LogP contribution in [0.2, 0.25) is 5.02 Å². The highest BCUT2D eigenvalue weighted by Crippen LogP contribution is 2.24. The molecule has 5 heteroatoms. The summed E-state index contributed by atoms with van der Waals surface area (Å²) in [5.41, 5.74) is 0. The fourth-order valence-electron chi connectivity index (χ4n) is 1.90. The molecule has 0 bridgehead atoms. The van der Waals surface area contributed by atoms with Crippen molar-refractivity contribution in [2.24, 2.45) is 0 Å². The third kappa shape index (κ3) is 4.48. The molecular formula is C14H22ClNO2S. The van der Waals surface area contributed by atoms with Crippen LogP contribution in [0, 0.1) is 0 Å². The Labute approximate surface area is 121 Å². The molecule has 1 aromatic rings. The minimum Gasteiger partial charge on any atom is -0.313 e. The fourth-order valence-corrected chi connectivity index (χ4v) is 3.72. The van der Waals surface area contributed by atoms with Crippen LogP contribution in [0.1, 0.15) is 33.6 Å². The fraction of sp³-hybridized carbons (Fsp3) is 0.571. The molecule has 108 valence electrons. The van der Waals surface area contributed by atoms with Gasteiger partial charge in [0.05, 0.1) is 15.2 Å². The molecule has 0 fully saturated rings. The lowest BCUT2D eigenvalue weighted by atomic mass is 10.2. The van der Waals surface area contributed by atoms with Crippen molar-refractivity contribution in [1.29, 1.82) is 0 Å². The van der Waals surface area contributed by atoms with Crippen LogP contribution in [-0.4, -0.2) is 26.3 Å². The second kappa shape index (κ2) is 7.27. The van der Waals surface area contributed by atoms with Gasteiger partial charge < -0.3 is 5.32 Å². The van der Waals surface area contributed by atoms with E-state index in [2.05, 4.69) is 19.2 Å². The van der Waals surface area contributed by atoms with Gasteiger partial charge in [-0.15, -0.1) is 0 Å². The largest absolute Gasteiger partial charge is 0.313 e. The Bertz CT molecular complexity index is 502. The second-order valence-corrected chi connectivity index (χ2v) is 7.63. The Morgan fingerprint density at radius 3 is 2.47 bits per heavy atom. The predicted octanol–water partition coefficient (Wildman–Crippen LogP) is 3.28. The molecule has 19 heavy (non-hydrogen) atoms. The number of nitrogens with one attached hydrogen (secondary N) is 1. The van der Waals surface area contributed by atoms with Gasteiger partial charge in [-0.25, -0.2) is 8.42 Å². The van der Waals surface area contributed by atoms with Gasteiger partial charge in [0.25, 0.3) is 0 Å². The Morgan fingerprint density at radius 1 is 1.26 bits per heavy atom. The van der Waals surface area contributed by atoms with Crippen LogP contribution in [0.4, 0.5) is 0 Å². The zero-order chi connectivity index (χ0) is 14.5. The number of sulfone groups is 1. The first kappa shape index (κ1) is 16.5. The maximum absolute atomic E-state index is 12.4. The van der Waals surface area contributed by atoms with E-state index in [1.165, 1.54) is 0 Å². The van der Waals surface area contributed by atoms with Crippen LogP contribution < -0.4 is 5.32 Å². The quantitative estimate of drug-likeness (QED) is 0.841. The molecular weight excluding hydrogens is 282 g/mol. The number of benzene rings is 1. The minimum absolute atomic E-state index is 0.217. The first-order chi connectivity index (χ1) is 8.89. The van der Waals surface area contributed by atoms with Gasteiger partial charge in [0.1, 0.15) is 0 Å². The van der Waals surface area contributed by atoms with Crippen LogP contribution in [0.3, 0.4) is 0 Å². The van der Waals surface area contributed by atoms with Gasteiger partial charge in [0.2, 0.25) is 0 Å². The van der Waals surface area contributed by atoms with Crippen molar-refractivity contribution in [3.63, 3.8) is 0 Å². The van der Waals surface area contributed by atoms with Crippen molar-refractivity contribution in [2.45, 2.75) is 49.8 Å². The van der Waals surface area contributed by atoms with Crippen molar-refractivity contribution in [3.8, 4) is 0 Å². The molecule has 1 N–H and O–H groups in total. The first-order valence-corrected chi connectivity index (χ1v) is 8.53. The minimum atomic E-state index is -3.37. The summed E-state index contributed by atoms with van der Waals surface area (Å²) in [4.78, 5) is 0.217. The van der Waals surface area contributed by atoms with E-state index in [9.17, 15) is 8.42 Å². The smallest absolute Gasteiger partial charge is 0.183 e. The van der Waals surface area contributed by atoms with Gasteiger partial charge >= 0.3 is 0 Å². The highest BCUT2D eigenvalue weighted by molar-refractivity contribution is 7.92. The van der Waals surface area contributed by atoms with Crippen molar-refractivity contribution >= 4 is 21.4 Å². The van der Waals surface area contributed by atoms with Gasteiger partial charge in [-0.05, 0) is 32.4 Å². The normalized spacial score (nSPS) is 15.2. The Morgan fingerprint density at radius 2 is 1.89 bits per heavy atom. The Kier molecular flexibility index (Phi) is 6.30. The average molecular weight is 304 g/mol. The monoisotopic (exact) mass is 303 g/mol. The zero-order valence-electron chi connectivity index (χ0n) is 11.7. The molecule has 2 atom stereocenters. The van der Waals surface area contributed by atoms with Crippen LogP contribution >= 0.6 is 11.6 Å². The average Bonchev–Trinajstić information content (AvgIpc) is 2.36. The summed E-state index contributed by atoms with van der Waals surface area (Å²) in [5, 5.41) is 3.05. The molecule has 0 aliphatic heterocycles. The molecule has 0 amide bonds. The van der Waals surface area contributed by atoms with E-state index in [0.717, 1.165) is 12.8 Å². The van der Waals surface area contributed by atoms with Crippen LogP contribution in [0.15, 0.2) is 29.2 Å². The van der Waals surface area contributed by atoms with Gasteiger partial charge in [0, 0.05) is 12.6 Å². The van der Waals surface area contributed by atoms with E-state index in [1.54, 1.807) is 31.2 Å². The van der Waals surface area contributed by atoms with E-state index >= 15 is 0 Å². The van der Waals surface area contributed by atoms with Crippen molar-refractivity contribution in [2.75, 3.05) is 6.54 Å². The lowest BCUT2D eigenvalue weighted by molar-refractivity contribution is 0.501. The second-order valence-electron chi connectivity index (χ2n) is 4.88. The van der Waals surface area contributed by atoms with Crippen molar-refractivity contribution in [1.82, 2.24) is 5.32 Å². The highest BCUT2D eigenvalue weighted by Gasteiger charge is 2.25. The van der Waals surface area contributed by atoms with Crippen molar-refractivity contribution in [3.05, 3.63) is 29.3 Å². The third-order valence-corrected chi connectivity index (χ3v) is 5.79. The van der Waals surface area contributed by atoms with Gasteiger partial charge in [-0.1, -0.05) is 37.1 Å². The molecule has 3 nitrogen and oxygen atoms in total. The molecule has 0 spiro atoms. The Hall–Kier alpha value is -0.580. The summed E-state index contributed by atoms with van der Waals surface area (Å²) in [6.07, 6.45) is 2.12. The molecule has 0 aliphatic rings. The summed E-state index contributed by atoms with van der Waals surface area (Å²) < 4.78 is 24.8. The maximum atomic E-state index is 12.4. The summed E-state index contributed by atoms with van der Waals surface area (Å²) in [5.74, 6) is 0. The van der Waals surface area contributed by atoms with E-state index in [4.69, 9.17) is 11.6 Å². The molecule has 0 saturated heterocycles. The topological polar surface area (TPSA) is 46.2 Å². The molecule has 0 heterocycles.